The Hall–Kier alpha value is -1.45. The van der Waals surface area contributed by atoms with Crippen molar-refractivity contribution in [3.05, 3.63) is 26.8 Å². The molecular weight excluding hydrogens is 413 g/mol. The number of carbonyl (C=O) groups excluding carboxylic acids is 1. The number of ether oxygens (including phenoxy) is 1. The lowest BCUT2D eigenvalue weighted by Gasteiger charge is -2.26. The minimum Gasteiger partial charge on any atom is -0.506 e. The molecule has 0 saturated carbocycles. The van der Waals surface area contributed by atoms with Crippen molar-refractivity contribution < 1.29 is 33.3 Å². The summed E-state index contributed by atoms with van der Waals surface area (Å²) in [5.41, 5.74) is 0.344. The van der Waals surface area contributed by atoms with Crippen LogP contribution in [0.3, 0.4) is 0 Å². The number of aromatic hydroxyl groups is 1. The minimum atomic E-state index is -4.23. The molecule has 1 unspecified atom stereocenters. The molecule has 8 heteroatoms. The minimum absolute atomic E-state index is 0.281. The van der Waals surface area contributed by atoms with Gasteiger partial charge >= 0.3 is 17.9 Å². The van der Waals surface area contributed by atoms with Crippen molar-refractivity contribution in [3.63, 3.8) is 0 Å². The number of phenols is 1. The fourth-order valence-electron chi connectivity index (χ4n) is 1.82. The fourth-order valence-corrected chi connectivity index (χ4v) is 2.60. The van der Waals surface area contributed by atoms with Crippen LogP contribution in [-0.2, 0) is 9.53 Å². The van der Waals surface area contributed by atoms with Crippen LogP contribution in [0.5, 0.6) is 5.75 Å². The molecule has 22 heavy (non-hydrogen) atoms. The van der Waals surface area contributed by atoms with Crippen molar-refractivity contribution in [2.45, 2.75) is 32.8 Å². The van der Waals surface area contributed by atoms with E-state index in [2.05, 4.69) is 4.74 Å². The van der Waals surface area contributed by atoms with E-state index in [-0.39, 0.29) is 5.56 Å². The predicted molar refractivity (Wildman–Crippen MR) is 82.2 cm³/mol. The van der Waals surface area contributed by atoms with Gasteiger partial charge in [-0.25, -0.2) is 9.59 Å². The van der Waals surface area contributed by atoms with Crippen LogP contribution in [0.4, 0.5) is 8.78 Å². The zero-order valence-electron chi connectivity index (χ0n) is 12.1. The van der Waals surface area contributed by atoms with E-state index >= 15 is 0 Å². The van der Waals surface area contributed by atoms with Crippen LogP contribution >= 0.6 is 22.6 Å². The Kier molecular flexibility index (Phi) is 5.71. The molecule has 0 amide bonds. The molecule has 0 fully saturated rings. The maximum absolute atomic E-state index is 13.7. The summed E-state index contributed by atoms with van der Waals surface area (Å²) in [4.78, 5) is 22.7. The van der Waals surface area contributed by atoms with Crippen LogP contribution in [0.25, 0.3) is 0 Å². The summed E-state index contributed by atoms with van der Waals surface area (Å²) in [7, 11) is 0. The maximum Gasteiger partial charge on any atom is 0.378 e. The van der Waals surface area contributed by atoms with Crippen LogP contribution in [-0.4, -0.2) is 34.2 Å². The highest BCUT2D eigenvalue weighted by atomic mass is 127. The van der Waals surface area contributed by atoms with Gasteiger partial charge in [0.1, 0.15) is 11.3 Å². The van der Waals surface area contributed by atoms with Gasteiger partial charge in [-0.2, -0.15) is 8.78 Å². The maximum atomic E-state index is 13.7. The Morgan fingerprint density at radius 1 is 1.32 bits per heavy atom. The van der Waals surface area contributed by atoms with E-state index in [0.717, 1.165) is 0 Å². The van der Waals surface area contributed by atoms with Crippen LogP contribution in [0.15, 0.2) is 12.1 Å². The van der Waals surface area contributed by atoms with Crippen molar-refractivity contribution in [1.82, 2.24) is 0 Å². The van der Waals surface area contributed by atoms with E-state index in [4.69, 9.17) is 5.11 Å². The Morgan fingerprint density at radius 2 is 1.86 bits per heavy atom. The largest absolute Gasteiger partial charge is 0.506 e. The number of aliphatic carboxylic acids is 1. The number of phenolic OH excluding ortho intramolecular Hbond substituents is 1. The second-order valence-corrected chi connectivity index (χ2v) is 6.30. The van der Waals surface area contributed by atoms with Gasteiger partial charge in [-0.05, 0) is 53.1 Å². The molecule has 0 aliphatic rings. The Labute approximate surface area is 139 Å². The topological polar surface area (TPSA) is 83.8 Å². The standard InChI is InChI=1S/C14H15F2IO5/c1-6(2)11(14(15,16)13(20)21)22-12(19)8-4-7(3)5-9(17)10(8)18/h4-6,11,18H,1-3H3,(H,20,21). The first-order valence-corrected chi connectivity index (χ1v) is 7.37. The molecule has 1 aromatic carbocycles. The number of rotatable bonds is 5. The molecule has 0 radical (unpaired) electrons. The number of carboxylic acid groups (broad SMARTS) is 1. The second kappa shape index (κ2) is 6.76. The molecule has 122 valence electrons. The SMILES string of the molecule is Cc1cc(I)c(O)c(C(=O)OC(C(C)C)C(F)(F)C(=O)O)c1. The van der Waals surface area contributed by atoms with Crippen LogP contribution in [0.2, 0.25) is 0 Å². The number of esters is 1. The van der Waals surface area contributed by atoms with E-state index in [9.17, 15) is 23.5 Å². The summed E-state index contributed by atoms with van der Waals surface area (Å²) < 4.78 is 32.4. The highest BCUT2D eigenvalue weighted by molar-refractivity contribution is 14.1. The van der Waals surface area contributed by atoms with Gasteiger partial charge in [-0.1, -0.05) is 13.8 Å². The predicted octanol–water partition coefficient (Wildman–Crippen LogP) is 3.21. The molecular formula is C14H15F2IO5. The van der Waals surface area contributed by atoms with Crippen molar-refractivity contribution in [2.24, 2.45) is 5.92 Å². The molecule has 0 spiro atoms. The summed E-state index contributed by atoms with van der Waals surface area (Å²) in [5, 5.41) is 18.4. The Bertz CT molecular complexity index is 601. The smallest absolute Gasteiger partial charge is 0.378 e. The molecule has 0 heterocycles. The Morgan fingerprint density at radius 3 is 2.32 bits per heavy atom. The lowest BCUT2D eigenvalue weighted by Crippen LogP contribution is -2.47. The third-order valence-electron chi connectivity index (χ3n) is 2.91. The van der Waals surface area contributed by atoms with E-state index in [1.807, 2.05) is 0 Å². The normalized spacial score (nSPS) is 13.0. The zero-order chi connectivity index (χ0) is 17.2. The van der Waals surface area contributed by atoms with Crippen molar-refractivity contribution in [2.75, 3.05) is 0 Å². The third kappa shape index (κ3) is 3.84. The molecule has 0 aromatic heterocycles. The van der Waals surface area contributed by atoms with Gasteiger partial charge in [0.15, 0.2) is 6.10 Å². The molecule has 1 aromatic rings. The van der Waals surface area contributed by atoms with Crippen LogP contribution in [0, 0.1) is 16.4 Å². The van der Waals surface area contributed by atoms with E-state index in [0.29, 0.717) is 9.13 Å². The summed E-state index contributed by atoms with van der Waals surface area (Å²) in [5.74, 6) is -9.12. The fraction of sp³-hybridized carbons (Fsp3) is 0.429. The van der Waals surface area contributed by atoms with E-state index < -0.39 is 35.6 Å². The van der Waals surface area contributed by atoms with E-state index in [1.54, 1.807) is 35.6 Å². The lowest BCUT2D eigenvalue weighted by molar-refractivity contribution is -0.187. The zero-order valence-corrected chi connectivity index (χ0v) is 14.2. The number of aryl methyl sites for hydroxylation is 1. The average molecular weight is 428 g/mol. The average Bonchev–Trinajstić information content (AvgIpc) is 2.38. The molecule has 0 bridgehead atoms. The second-order valence-electron chi connectivity index (χ2n) is 5.14. The third-order valence-corrected chi connectivity index (χ3v) is 3.73. The first-order valence-electron chi connectivity index (χ1n) is 6.29. The van der Waals surface area contributed by atoms with Gasteiger partial charge in [0.25, 0.3) is 0 Å². The van der Waals surface area contributed by atoms with Gasteiger partial charge < -0.3 is 14.9 Å². The number of hydrogen-bond donors (Lipinski definition) is 2. The number of hydrogen-bond acceptors (Lipinski definition) is 4. The monoisotopic (exact) mass is 428 g/mol. The van der Waals surface area contributed by atoms with Crippen molar-refractivity contribution in [1.29, 1.82) is 0 Å². The molecule has 0 saturated heterocycles. The van der Waals surface area contributed by atoms with Gasteiger partial charge in [-0.3, -0.25) is 0 Å². The number of alkyl halides is 2. The molecule has 0 aliphatic carbocycles. The molecule has 1 rings (SSSR count). The highest BCUT2D eigenvalue weighted by Gasteiger charge is 2.51. The van der Waals surface area contributed by atoms with Gasteiger partial charge in [0, 0.05) is 0 Å². The summed E-state index contributed by atoms with van der Waals surface area (Å²) in [6.45, 7) is 4.29. The van der Waals surface area contributed by atoms with Gasteiger partial charge in [-0.15, -0.1) is 0 Å². The van der Waals surface area contributed by atoms with Crippen LogP contribution < -0.4 is 0 Å². The summed E-state index contributed by atoms with van der Waals surface area (Å²) in [6.07, 6.45) is -2.14. The Balaban J connectivity index is 3.16. The van der Waals surface area contributed by atoms with E-state index in [1.165, 1.54) is 19.9 Å². The molecule has 5 nitrogen and oxygen atoms in total. The number of halogens is 3. The lowest BCUT2D eigenvalue weighted by atomic mass is 10.0. The number of carboxylic acids is 1. The van der Waals surface area contributed by atoms with Crippen LogP contribution in [0.1, 0.15) is 29.8 Å². The number of benzene rings is 1. The molecule has 0 aliphatic heterocycles. The van der Waals surface area contributed by atoms with Crippen molar-refractivity contribution in [3.8, 4) is 5.75 Å². The summed E-state index contributed by atoms with van der Waals surface area (Å²) >= 11 is 1.78. The summed E-state index contributed by atoms with van der Waals surface area (Å²) in [6, 6.07) is 2.88. The quantitative estimate of drug-likeness (QED) is 0.556. The van der Waals surface area contributed by atoms with Gasteiger partial charge in [0.05, 0.1) is 3.57 Å². The first kappa shape index (κ1) is 18.6. The number of carbonyl (C=O) groups is 2. The molecule has 2 N–H and O–H groups in total. The molecule has 1 atom stereocenters. The van der Waals surface area contributed by atoms with Crippen molar-refractivity contribution >= 4 is 34.5 Å². The highest BCUT2D eigenvalue weighted by Crippen LogP contribution is 2.31. The first-order chi connectivity index (χ1) is 9.98. The van der Waals surface area contributed by atoms with Gasteiger partial charge in [0.2, 0.25) is 0 Å².